The average Bonchev–Trinajstić information content (AvgIpc) is 2.58. The summed E-state index contributed by atoms with van der Waals surface area (Å²) < 4.78 is 1.84. The first-order chi connectivity index (χ1) is 6.74. The van der Waals surface area contributed by atoms with Crippen LogP contribution in [0.15, 0.2) is 12.3 Å². The minimum Gasteiger partial charge on any atom is -0.393 e. The molecule has 1 atom stereocenters. The molecule has 0 saturated carbocycles. The number of hydrogen-bond donors (Lipinski definition) is 1. The lowest BCUT2D eigenvalue weighted by atomic mass is 10.1. The highest BCUT2D eigenvalue weighted by Crippen LogP contribution is 2.08. The van der Waals surface area contributed by atoms with Crippen LogP contribution in [0.3, 0.4) is 0 Å². The van der Waals surface area contributed by atoms with Crippen LogP contribution in [0.25, 0.3) is 0 Å². The van der Waals surface area contributed by atoms with E-state index in [9.17, 15) is 5.11 Å². The van der Waals surface area contributed by atoms with Crippen molar-refractivity contribution in [2.75, 3.05) is 5.88 Å². The maximum atomic E-state index is 9.58. The summed E-state index contributed by atoms with van der Waals surface area (Å²) in [5.74, 6) is 0.628. The summed E-state index contributed by atoms with van der Waals surface area (Å²) in [4.78, 5) is 0. The van der Waals surface area contributed by atoms with Crippen LogP contribution in [0.2, 0.25) is 0 Å². The monoisotopic (exact) mass is 216 g/mol. The molecule has 0 aromatic carbocycles. The van der Waals surface area contributed by atoms with Gasteiger partial charge in [0, 0.05) is 24.8 Å². The lowest BCUT2D eigenvalue weighted by molar-refractivity contribution is 0.153. The van der Waals surface area contributed by atoms with E-state index < -0.39 is 0 Å². The second-order valence-corrected chi connectivity index (χ2v) is 3.85. The van der Waals surface area contributed by atoms with E-state index in [1.807, 2.05) is 17.8 Å². The Bertz CT molecular complexity index is 262. The third kappa shape index (κ3) is 3.68. The van der Waals surface area contributed by atoms with Gasteiger partial charge in [0.05, 0.1) is 6.10 Å². The molecular weight excluding hydrogens is 200 g/mol. The number of halogens is 1. The van der Waals surface area contributed by atoms with E-state index in [-0.39, 0.29) is 6.10 Å². The predicted octanol–water partition coefficient (Wildman–Crippen LogP) is 1.73. The molecule has 1 heterocycles. The van der Waals surface area contributed by atoms with Crippen molar-refractivity contribution in [1.29, 1.82) is 0 Å². The van der Waals surface area contributed by atoms with Gasteiger partial charge in [-0.1, -0.05) is 0 Å². The number of aryl methyl sites for hydroxylation is 2. The van der Waals surface area contributed by atoms with Crippen molar-refractivity contribution in [1.82, 2.24) is 9.78 Å². The molecule has 0 bridgehead atoms. The van der Waals surface area contributed by atoms with Gasteiger partial charge in [-0.25, -0.2) is 0 Å². The molecule has 4 heteroatoms. The van der Waals surface area contributed by atoms with E-state index in [0.29, 0.717) is 5.88 Å². The molecule has 0 aliphatic carbocycles. The first-order valence-electron chi connectivity index (χ1n) is 4.95. The Labute approximate surface area is 89.7 Å². The molecule has 3 nitrogen and oxygen atoms in total. The first kappa shape index (κ1) is 11.5. The van der Waals surface area contributed by atoms with Gasteiger partial charge in [-0.05, 0) is 31.7 Å². The van der Waals surface area contributed by atoms with Crippen molar-refractivity contribution in [3.63, 3.8) is 0 Å². The van der Waals surface area contributed by atoms with Gasteiger partial charge in [-0.3, -0.25) is 4.68 Å². The molecule has 1 aromatic heterocycles. The highest BCUT2D eigenvalue weighted by atomic mass is 35.5. The molecule has 0 fully saturated rings. The van der Waals surface area contributed by atoms with Gasteiger partial charge in [0.25, 0.3) is 0 Å². The van der Waals surface area contributed by atoms with Crippen molar-refractivity contribution in [3.8, 4) is 0 Å². The summed E-state index contributed by atoms with van der Waals surface area (Å²) in [6.07, 6.45) is 4.88. The van der Waals surface area contributed by atoms with Crippen LogP contribution < -0.4 is 0 Å². The minimum atomic E-state index is -0.233. The summed E-state index contributed by atoms with van der Waals surface area (Å²) in [5, 5.41) is 13.7. The second-order valence-electron chi connectivity index (χ2n) is 3.47. The van der Waals surface area contributed by atoms with Gasteiger partial charge in [0.15, 0.2) is 0 Å². The molecule has 0 saturated heterocycles. The zero-order chi connectivity index (χ0) is 10.4. The van der Waals surface area contributed by atoms with Gasteiger partial charge >= 0.3 is 0 Å². The van der Waals surface area contributed by atoms with Crippen LogP contribution in [0.4, 0.5) is 0 Å². The quantitative estimate of drug-likeness (QED) is 0.736. The van der Waals surface area contributed by atoms with Crippen molar-refractivity contribution in [2.45, 2.75) is 31.8 Å². The fraction of sp³-hybridized carbons (Fsp3) is 0.700. The average molecular weight is 217 g/mol. The molecule has 0 radical (unpaired) electrons. The van der Waals surface area contributed by atoms with E-state index in [1.54, 1.807) is 6.20 Å². The van der Waals surface area contributed by atoms with E-state index in [0.717, 1.165) is 31.4 Å². The summed E-state index contributed by atoms with van der Waals surface area (Å²) in [7, 11) is 1.92. The van der Waals surface area contributed by atoms with Gasteiger partial charge in [0.2, 0.25) is 0 Å². The topological polar surface area (TPSA) is 38.0 Å². The Morgan fingerprint density at radius 1 is 1.57 bits per heavy atom. The third-order valence-electron chi connectivity index (χ3n) is 2.33. The molecule has 80 valence electrons. The van der Waals surface area contributed by atoms with Crippen molar-refractivity contribution in [3.05, 3.63) is 18.0 Å². The van der Waals surface area contributed by atoms with Crippen LogP contribution >= 0.6 is 11.6 Å². The number of nitrogens with zero attached hydrogens (tertiary/aromatic N) is 2. The minimum absolute atomic E-state index is 0.233. The van der Waals surface area contributed by atoms with Gasteiger partial charge in [0.1, 0.15) is 0 Å². The summed E-state index contributed by atoms with van der Waals surface area (Å²) >= 11 is 5.55. The molecule has 0 amide bonds. The summed E-state index contributed by atoms with van der Waals surface area (Å²) in [6, 6.07) is 1.98. The number of aromatic nitrogens is 2. The molecule has 1 N–H and O–H groups in total. The summed E-state index contributed by atoms with van der Waals surface area (Å²) in [5.41, 5.74) is 1.16. The molecular formula is C10H17ClN2O. The van der Waals surface area contributed by atoms with Gasteiger partial charge in [-0.15, -0.1) is 11.6 Å². The standard InChI is InChI=1S/C10H17ClN2O/c1-13-9(6-8-12-13)4-5-10(14)3-2-7-11/h6,8,10,14H,2-5,7H2,1H3. The van der Waals surface area contributed by atoms with Crippen molar-refractivity contribution in [2.24, 2.45) is 7.05 Å². The highest BCUT2D eigenvalue weighted by Gasteiger charge is 2.05. The predicted molar refractivity (Wildman–Crippen MR) is 57.5 cm³/mol. The molecule has 1 aromatic rings. The Kier molecular flexibility index (Phi) is 4.98. The largest absolute Gasteiger partial charge is 0.393 e. The van der Waals surface area contributed by atoms with E-state index in [4.69, 9.17) is 11.6 Å². The molecule has 0 aliphatic heterocycles. The van der Waals surface area contributed by atoms with Crippen LogP contribution in [-0.2, 0) is 13.5 Å². The SMILES string of the molecule is Cn1nccc1CCC(O)CCCCl. The molecule has 1 rings (SSSR count). The number of hydrogen-bond acceptors (Lipinski definition) is 2. The van der Waals surface area contributed by atoms with Crippen LogP contribution in [-0.4, -0.2) is 26.9 Å². The maximum absolute atomic E-state index is 9.58. The molecule has 14 heavy (non-hydrogen) atoms. The normalized spacial score (nSPS) is 13.1. The fourth-order valence-corrected chi connectivity index (χ4v) is 1.57. The lowest BCUT2D eigenvalue weighted by Gasteiger charge is -2.09. The smallest absolute Gasteiger partial charge is 0.0544 e. The Morgan fingerprint density at radius 2 is 2.36 bits per heavy atom. The van der Waals surface area contributed by atoms with Crippen LogP contribution in [0, 0.1) is 0 Å². The second kappa shape index (κ2) is 6.04. The van der Waals surface area contributed by atoms with Crippen LogP contribution in [0.5, 0.6) is 0 Å². The van der Waals surface area contributed by atoms with Gasteiger partial charge in [-0.2, -0.15) is 5.10 Å². The Balaban J connectivity index is 2.23. The lowest BCUT2D eigenvalue weighted by Crippen LogP contribution is -2.09. The van der Waals surface area contributed by atoms with Crippen LogP contribution in [0.1, 0.15) is 25.0 Å². The number of aliphatic hydroxyl groups excluding tert-OH is 1. The zero-order valence-electron chi connectivity index (χ0n) is 8.49. The number of aliphatic hydroxyl groups is 1. The first-order valence-corrected chi connectivity index (χ1v) is 5.48. The highest BCUT2D eigenvalue weighted by molar-refractivity contribution is 6.17. The third-order valence-corrected chi connectivity index (χ3v) is 2.59. The zero-order valence-corrected chi connectivity index (χ0v) is 9.24. The number of alkyl halides is 1. The molecule has 0 spiro atoms. The number of rotatable bonds is 6. The Morgan fingerprint density at radius 3 is 2.93 bits per heavy atom. The van der Waals surface area contributed by atoms with E-state index in [1.165, 1.54) is 0 Å². The summed E-state index contributed by atoms with van der Waals surface area (Å²) in [6.45, 7) is 0. The fourth-order valence-electron chi connectivity index (χ4n) is 1.42. The maximum Gasteiger partial charge on any atom is 0.0544 e. The van der Waals surface area contributed by atoms with E-state index >= 15 is 0 Å². The van der Waals surface area contributed by atoms with Crippen molar-refractivity contribution < 1.29 is 5.11 Å². The molecule has 0 aliphatic rings. The Hall–Kier alpha value is -0.540. The van der Waals surface area contributed by atoms with E-state index in [2.05, 4.69) is 5.10 Å². The van der Waals surface area contributed by atoms with Crippen molar-refractivity contribution >= 4 is 11.6 Å². The molecule has 1 unspecified atom stereocenters. The van der Waals surface area contributed by atoms with Gasteiger partial charge < -0.3 is 5.11 Å².